The predicted molar refractivity (Wildman–Crippen MR) is 88.4 cm³/mol. The third-order valence-corrected chi connectivity index (χ3v) is 4.99. The summed E-state index contributed by atoms with van der Waals surface area (Å²) in [4.78, 5) is 14.6. The highest BCUT2D eigenvalue weighted by molar-refractivity contribution is 5.79. The molecule has 0 bridgehead atoms. The summed E-state index contributed by atoms with van der Waals surface area (Å²) in [5.74, 6) is -0.0789. The summed E-state index contributed by atoms with van der Waals surface area (Å²) in [5, 5.41) is 0. The molecule has 122 valence electrons. The first-order chi connectivity index (χ1) is 10.5. The van der Waals surface area contributed by atoms with Crippen molar-refractivity contribution in [3.8, 4) is 0 Å². The molecule has 1 aliphatic rings. The molecule has 0 heterocycles. The van der Waals surface area contributed by atoms with Gasteiger partial charge in [0.25, 0.3) is 0 Å². The van der Waals surface area contributed by atoms with Gasteiger partial charge in [0.1, 0.15) is 0 Å². The predicted octanol–water partition coefficient (Wildman–Crippen LogP) is 2.74. The van der Waals surface area contributed by atoms with Crippen molar-refractivity contribution >= 4 is 5.91 Å². The van der Waals surface area contributed by atoms with Gasteiger partial charge in [-0.3, -0.25) is 4.79 Å². The Kier molecular flexibility index (Phi) is 5.98. The zero-order valence-corrected chi connectivity index (χ0v) is 13.9. The van der Waals surface area contributed by atoms with E-state index in [0.29, 0.717) is 12.1 Å². The minimum Gasteiger partial charge on any atom is -0.381 e. The molecule has 1 amide bonds. The van der Waals surface area contributed by atoms with E-state index >= 15 is 0 Å². The molecule has 0 aromatic heterocycles. The standard InChI is InChI=1S/C18H28N2O2/c1-13(17(19)14-7-5-4-6-8-14)18(21)20(2)15-9-11-16(22-3)12-10-15/h4-8,13,15-17H,9-12,19H2,1-3H3. The van der Waals surface area contributed by atoms with Crippen LogP contribution in [0, 0.1) is 5.92 Å². The fourth-order valence-electron chi connectivity index (χ4n) is 3.29. The quantitative estimate of drug-likeness (QED) is 0.910. The van der Waals surface area contributed by atoms with Gasteiger partial charge in [-0.2, -0.15) is 0 Å². The van der Waals surface area contributed by atoms with Gasteiger partial charge in [-0.05, 0) is 31.2 Å². The number of rotatable bonds is 5. The van der Waals surface area contributed by atoms with Crippen molar-refractivity contribution < 1.29 is 9.53 Å². The van der Waals surface area contributed by atoms with Crippen molar-refractivity contribution in [1.29, 1.82) is 0 Å². The molecular weight excluding hydrogens is 276 g/mol. The molecule has 1 aromatic rings. The van der Waals surface area contributed by atoms with E-state index < -0.39 is 0 Å². The van der Waals surface area contributed by atoms with E-state index in [1.54, 1.807) is 7.11 Å². The first kappa shape index (κ1) is 17.0. The van der Waals surface area contributed by atoms with E-state index in [2.05, 4.69) is 0 Å². The highest BCUT2D eigenvalue weighted by atomic mass is 16.5. The lowest BCUT2D eigenvalue weighted by Crippen LogP contribution is -2.44. The monoisotopic (exact) mass is 304 g/mol. The highest BCUT2D eigenvalue weighted by Gasteiger charge is 2.31. The van der Waals surface area contributed by atoms with Crippen LogP contribution in [0.1, 0.15) is 44.2 Å². The zero-order chi connectivity index (χ0) is 16.1. The van der Waals surface area contributed by atoms with Crippen LogP contribution in [-0.2, 0) is 9.53 Å². The van der Waals surface area contributed by atoms with Gasteiger partial charge in [-0.25, -0.2) is 0 Å². The van der Waals surface area contributed by atoms with Crippen LogP contribution in [0.5, 0.6) is 0 Å². The Bertz CT molecular complexity index is 469. The summed E-state index contributed by atoms with van der Waals surface area (Å²) in [7, 11) is 3.68. The van der Waals surface area contributed by atoms with Crippen molar-refractivity contribution in [2.75, 3.05) is 14.2 Å². The molecule has 2 rings (SSSR count). The highest BCUT2D eigenvalue weighted by Crippen LogP contribution is 2.27. The average molecular weight is 304 g/mol. The van der Waals surface area contributed by atoms with E-state index in [1.165, 1.54) is 0 Å². The molecule has 0 radical (unpaired) electrons. The molecule has 0 saturated heterocycles. The van der Waals surface area contributed by atoms with E-state index in [9.17, 15) is 4.79 Å². The van der Waals surface area contributed by atoms with Gasteiger partial charge in [0.2, 0.25) is 5.91 Å². The van der Waals surface area contributed by atoms with Crippen LogP contribution in [0.3, 0.4) is 0 Å². The minimum absolute atomic E-state index is 0.136. The Labute approximate surface area is 133 Å². The molecular formula is C18H28N2O2. The molecule has 0 aliphatic heterocycles. The SMILES string of the molecule is COC1CCC(N(C)C(=O)C(C)C(N)c2ccccc2)CC1. The molecule has 4 heteroatoms. The number of benzene rings is 1. The topological polar surface area (TPSA) is 55.6 Å². The molecule has 1 fully saturated rings. The fourth-order valence-corrected chi connectivity index (χ4v) is 3.29. The van der Waals surface area contributed by atoms with Crippen molar-refractivity contribution in [3.05, 3.63) is 35.9 Å². The van der Waals surface area contributed by atoms with Crippen LogP contribution in [0.2, 0.25) is 0 Å². The molecule has 4 nitrogen and oxygen atoms in total. The summed E-state index contributed by atoms with van der Waals surface area (Å²) >= 11 is 0. The van der Waals surface area contributed by atoms with Crippen molar-refractivity contribution in [3.63, 3.8) is 0 Å². The largest absolute Gasteiger partial charge is 0.381 e. The van der Waals surface area contributed by atoms with Crippen LogP contribution in [0.4, 0.5) is 0 Å². The summed E-state index contributed by atoms with van der Waals surface area (Å²) in [5.41, 5.74) is 7.30. The molecule has 2 N–H and O–H groups in total. The number of hydrogen-bond donors (Lipinski definition) is 1. The third kappa shape index (κ3) is 3.87. The van der Waals surface area contributed by atoms with Crippen LogP contribution >= 0.6 is 0 Å². The number of carbonyl (C=O) groups is 1. The second kappa shape index (κ2) is 7.75. The molecule has 22 heavy (non-hydrogen) atoms. The Balaban J connectivity index is 1.95. The number of ether oxygens (including phenoxy) is 1. The smallest absolute Gasteiger partial charge is 0.227 e. The number of hydrogen-bond acceptors (Lipinski definition) is 3. The van der Waals surface area contributed by atoms with E-state index in [-0.39, 0.29) is 17.9 Å². The second-order valence-corrected chi connectivity index (χ2v) is 6.34. The van der Waals surface area contributed by atoms with Crippen LogP contribution in [0.15, 0.2) is 30.3 Å². The lowest BCUT2D eigenvalue weighted by Gasteiger charge is -2.36. The van der Waals surface area contributed by atoms with Crippen molar-refractivity contribution in [1.82, 2.24) is 4.90 Å². The second-order valence-electron chi connectivity index (χ2n) is 6.34. The Morgan fingerprint density at radius 2 is 1.82 bits per heavy atom. The lowest BCUT2D eigenvalue weighted by atomic mass is 9.89. The molecule has 2 unspecified atom stereocenters. The van der Waals surface area contributed by atoms with Crippen LogP contribution in [-0.4, -0.2) is 37.1 Å². The fraction of sp³-hybridized carbons (Fsp3) is 0.611. The van der Waals surface area contributed by atoms with Gasteiger partial charge in [0, 0.05) is 26.2 Å². The average Bonchev–Trinajstić information content (AvgIpc) is 2.60. The zero-order valence-electron chi connectivity index (χ0n) is 13.9. The van der Waals surface area contributed by atoms with Crippen LogP contribution < -0.4 is 5.73 Å². The maximum atomic E-state index is 12.7. The minimum atomic E-state index is -0.258. The molecule has 1 saturated carbocycles. The first-order valence-electron chi connectivity index (χ1n) is 8.14. The van der Waals surface area contributed by atoms with Crippen molar-refractivity contribution in [2.24, 2.45) is 11.7 Å². The lowest BCUT2D eigenvalue weighted by molar-refractivity contribution is -0.137. The first-order valence-corrected chi connectivity index (χ1v) is 8.14. The van der Waals surface area contributed by atoms with Crippen LogP contribution in [0.25, 0.3) is 0 Å². The summed E-state index contributed by atoms with van der Waals surface area (Å²) in [6.45, 7) is 1.93. The van der Waals surface area contributed by atoms with Gasteiger partial charge in [-0.1, -0.05) is 37.3 Å². The van der Waals surface area contributed by atoms with Gasteiger partial charge in [-0.15, -0.1) is 0 Å². The number of nitrogens with zero attached hydrogens (tertiary/aromatic N) is 1. The van der Waals surface area contributed by atoms with Gasteiger partial charge < -0.3 is 15.4 Å². The summed E-state index contributed by atoms with van der Waals surface area (Å²) in [6, 6.07) is 9.90. The number of amides is 1. The van der Waals surface area contributed by atoms with E-state index in [0.717, 1.165) is 31.2 Å². The molecule has 1 aliphatic carbocycles. The molecule has 0 spiro atoms. The van der Waals surface area contributed by atoms with Gasteiger partial charge >= 0.3 is 0 Å². The maximum Gasteiger partial charge on any atom is 0.227 e. The van der Waals surface area contributed by atoms with Crippen molar-refractivity contribution in [2.45, 2.75) is 50.8 Å². The Morgan fingerprint density at radius 3 is 2.36 bits per heavy atom. The number of methoxy groups -OCH3 is 1. The number of carbonyl (C=O) groups excluding carboxylic acids is 1. The molecule has 1 aromatic carbocycles. The molecule has 2 atom stereocenters. The van der Waals surface area contributed by atoms with Gasteiger partial charge in [0.15, 0.2) is 0 Å². The Hall–Kier alpha value is -1.39. The Morgan fingerprint density at radius 1 is 1.23 bits per heavy atom. The normalized spacial score (nSPS) is 24.5. The summed E-state index contributed by atoms with van der Waals surface area (Å²) in [6.07, 6.45) is 4.42. The van der Waals surface area contributed by atoms with E-state index in [1.807, 2.05) is 49.2 Å². The van der Waals surface area contributed by atoms with Gasteiger partial charge in [0.05, 0.1) is 12.0 Å². The van der Waals surface area contributed by atoms with E-state index in [4.69, 9.17) is 10.5 Å². The summed E-state index contributed by atoms with van der Waals surface area (Å²) < 4.78 is 5.40. The number of nitrogens with two attached hydrogens (primary N) is 1. The third-order valence-electron chi connectivity index (χ3n) is 4.99. The maximum absolute atomic E-state index is 12.7.